The third-order valence-electron chi connectivity index (χ3n) is 6.43. The second-order valence-corrected chi connectivity index (χ2v) is 10.6. The van der Waals surface area contributed by atoms with Crippen LogP contribution < -0.4 is 14.2 Å². The fourth-order valence-corrected chi connectivity index (χ4v) is 4.64. The lowest BCUT2D eigenvalue weighted by atomic mass is 9.84. The predicted molar refractivity (Wildman–Crippen MR) is 146 cm³/mol. The Bertz CT molecular complexity index is 1210. The molecule has 2 aromatic carbocycles. The van der Waals surface area contributed by atoms with Crippen LogP contribution in [0.1, 0.15) is 63.8 Å². The predicted octanol–water partition coefficient (Wildman–Crippen LogP) is 5.25. The number of nitrogens with zero attached hydrogens (tertiary/aromatic N) is 1. The number of rotatable bonds is 10. The summed E-state index contributed by atoms with van der Waals surface area (Å²) in [4.78, 5) is 28.1. The molecule has 0 radical (unpaired) electrons. The maximum absolute atomic E-state index is 13.4. The molecule has 3 rings (SSSR count). The summed E-state index contributed by atoms with van der Waals surface area (Å²) < 4.78 is 22.1. The van der Waals surface area contributed by atoms with E-state index in [4.69, 9.17) is 18.9 Å². The lowest BCUT2D eigenvalue weighted by Crippen LogP contribution is -2.31. The summed E-state index contributed by atoms with van der Waals surface area (Å²) in [5.74, 6) is 0.0530. The van der Waals surface area contributed by atoms with Gasteiger partial charge < -0.3 is 29.0 Å². The molecule has 1 aliphatic rings. The fourth-order valence-electron chi connectivity index (χ4n) is 4.64. The lowest BCUT2D eigenvalue weighted by Gasteiger charge is -2.26. The summed E-state index contributed by atoms with van der Waals surface area (Å²) in [5.41, 5.74) is 1.67. The number of Topliss-reactive ketones (excluding diaryl/α,β-unsaturated/α-hetero) is 1. The van der Waals surface area contributed by atoms with Crippen molar-refractivity contribution >= 4 is 17.4 Å². The number of hydrogen-bond donors (Lipinski definition) is 1. The Hall–Kier alpha value is -3.52. The van der Waals surface area contributed by atoms with Crippen LogP contribution in [-0.2, 0) is 19.7 Å². The Labute approximate surface area is 225 Å². The van der Waals surface area contributed by atoms with Gasteiger partial charge in [0.2, 0.25) is 0 Å². The molecule has 1 fully saturated rings. The molecule has 0 bridgehead atoms. The van der Waals surface area contributed by atoms with Gasteiger partial charge in [0, 0.05) is 31.4 Å². The number of ketones is 1. The first kappa shape index (κ1) is 29.0. The van der Waals surface area contributed by atoms with Gasteiger partial charge in [-0.3, -0.25) is 9.59 Å². The van der Waals surface area contributed by atoms with Crippen molar-refractivity contribution in [1.82, 2.24) is 4.90 Å². The van der Waals surface area contributed by atoms with E-state index in [1.54, 1.807) is 44.6 Å². The zero-order valence-corrected chi connectivity index (χ0v) is 23.6. The molecule has 1 heterocycles. The number of ether oxygens (including phenoxy) is 4. The van der Waals surface area contributed by atoms with E-state index in [9.17, 15) is 14.7 Å². The molecule has 2 aromatic rings. The highest BCUT2D eigenvalue weighted by Crippen LogP contribution is 2.43. The number of carbonyl (C=O) groups is 2. The Morgan fingerprint density at radius 1 is 0.974 bits per heavy atom. The highest BCUT2D eigenvalue weighted by atomic mass is 16.5. The minimum absolute atomic E-state index is 0.0250. The molecule has 8 heteroatoms. The van der Waals surface area contributed by atoms with Gasteiger partial charge >= 0.3 is 0 Å². The normalized spacial score (nSPS) is 17.3. The van der Waals surface area contributed by atoms with Gasteiger partial charge in [-0.15, -0.1) is 0 Å². The van der Waals surface area contributed by atoms with E-state index in [2.05, 4.69) is 0 Å². The highest BCUT2D eigenvalue weighted by Gasteiger charge is 2.46. The number of aliphatic hydroxyl groups is 1. The van der Waals surface area contributed by atoms with Crippen LogP contribution in [-0.4, -0.2) is 62.3 Å². The van der Waals surface area contributed by atoms with Gasteiger partial charge in [0.15, 0.2) is 11.5 Å². The van der Waals surface area contributed by atoms with Gasteiger partial charge in [-0.25, -0.2) is 0 Å². The molecule has 0 saturated carbocycles. The summed E-state index contributed by atoms with van der Waals surface area (Å²) in [6.07, 6.45) is 0.462. The number of carbonyl (C=O) groups excluding carboxylic acids is 2. The second-order valence-electron chi connectivity index (χ2n) is 10.6. The molecule has 206 valence electrons. The zero-order valence-electron chi connectivity index (χ0n) is 23.6. The van der Waals surface area contributed by atoms with E-state index in [0.717, 1.165) is 5.56 Å². The van der Waals surface area contributed by atoms with Gasteiger partial charge in [-0.1, -0.05) is 26.8 Å². The zero-order chi connectivity index (χ0) is 28.2. The third-order valence-corrected chi connectivity index (χ3v) is 6.43. The van der Waals surface area contributed by atoms with Crippen molar-refractivity contribution in [2.75, 3.05) is 34.5 Å². The number of amides is 1. The van der Waals surface area contributed by atoms with Crippen LogP contribution in [0.3, 0.4) is 0 Å². The summed E-state index contributed by atoms with van der Waals surface area (Å²) in [5, 5.41) is 11.5. The Morgan fingerprint density at radius 2 is 1.63 bits per heavy atom. The third kappa shape index (κ3) is 5.96. The van der Waals surface area contributed by atoms with Crippen LogP contribution in [0, 0.1) is 0 Å². The number of likely N-dealkylation sites (tertiary alicyclic amines) is 1. The van der Waals surface area contributed by atoms with E-state index < -0.39 is 17.7 Å². The van der Waals surface area contributed by atoms with Crippen molar-refractivity contribution < 1.29 is 33.6 Å². The van der Waals surface area contributed by atoms with Crippen LogP contribution in [0.25, 0.3) is 5.76 Å². The first-order chi connectivity index (χ1) is 17.9. The van der Waals surface area contributed by atoms with E-state index in [1.165, 1.54) is 12.0 Å². The van der Waals surface area contributed by atoms with E-state index >= 15 is 0 Å². The van der Waals surface area contributed by atoms with Gasteiger partial charge in [0.1, 0.15) is 11.5 Å². The summed E-state index contributed by atoms with van der Waals surface area (Å²) in [6.45, 7) is 10.6. The van der Waals surface area contributed by atoms with Crippen molar-refractivity contribution in [3.63, 3.8) is 0 Å². The number of benzene rings is 2. The maximum Gasteiger partial charge on any atom is 0.295 e. The molecule has 0 aliphatic carbocycles. The van der Waals surface area contributed by atoms with Gasteiger partial charge in [0.25, 0.3) is 11.7 Å². The molecule has 0 aromatic heterocycles. The van der Waals surface area contributed by atoms with Gasteiger partial charge in [-0.05, 0) is 61.6 Å². The maximum atomic E-state index is 13.4. The fraction of sp³-hybridized carbons (Fsp3) is 0.467. The van der Waals surface area contributed by atoms with E-state index in [0.29, 0.717) is 41.4 Å². The van der Waals surface area contributed by atoms with E-state index in [1.807, 2.05) is 40.7 Å². The minimum Gasteiger partial charge on any atom is -0.507 e. The average molecular weight is 526 g/mol. The molecule has 0 spiro atoms. The van der Waals surface area contributed by atoms with Crippen LogP contribution in [0.2, 0.25) is 0 Å². The highest BCUT2D eigenvalue weighted by molar-refractivity contribution is 6.46. The van der Waals surface area contributed by atoms with Crippen LogP contribution >= 0.6 is 0 Å². The lowest BCUT2D eigenvalue weighted by molar-refractivity contribution is -0.140. The largest absolute Gasteiger partial charge is 0.507 e. The van der Waals surface area contributed by atoms with Crippen molar-refractivity contribution in [2.24, 2.45) is 0 Å². The number of hydrogen-bond acceptors (Lipinski definition) is 7. The topological polar surface area (TPSA) is 94.5 Å². The van der Waals surface area contributed by atoms with Gasteiger partial charge in [-0.2, -0.15) is 0 Å². The number of methoxy groups -OCH3 is 3. The molecule has 1 N–H and O–H groups in total. The summed E-state index contributed by atoms with van der Waals surface area (Å²) in [6, 6.07) is 9.76. The van der Waals surface area contributed by atoms with Crippen LogP contribution in [0.15, 0.2) is 42.0 Å². The Kier molecular flexibility index (Phi) is 9.09. The monoisotopic (exact) mass is 525 g/mol. The van der Waals surface area contributed by atoms with Crippen molar-refractivity contribution in [2.45, 2.75) is 58.6 Å². The Morgan fingerprint density at radius 3 is 2.21 bits per heavy atom. The van der Waals surface area contributed by atoms with Crippen molar-refractivity contribution in [3.05, 3.63) is 58.7 Å². The average Bonchev–Trinajstić information content (AvgIpc) is 3.12. The standard InChI is InChI=1S/C30H39NO7/c1-18(2)38-23-13-10-19(17-24(23)37-8)26-25(28(33)29(34)31(26)14-9-15-35-6)27(32)20-11-12-22(36-7)21(16-20)30(3,4)5/h10-13,16-18,26,32H,9,14-15H2,1-8H3/b27-25+. The quantitative estimate of drug-likeness (QED) is 0.196. The van der Waals surface area contributed by atoms with Crippen LogP contribution in [0.4, 0.5) is 0 Å². The molecule has 1 saturated heterocycles. The second kappa shape index (κ2) is 11.9. The summed E-state index contributed by atoms with van der Waals surface area (Å²) in [7, 11) is 4.71. The molecular formula is C30H39NO7. The van der Waals surface area contributed by atoms with Crippen molar-refractivity contribution in [3.8, 4) is 17.2 Å². The summed E-state index contributed by atoms with van der Waals surface area (Å²) >= 11 is 0. The number of aliphatic hydroxyl groups excluding tert-OH is 1. The van der Waals surface area contributed by atoms with Gasteiger partial charge in [0.05, 0.1) is 31.9 Å². The first-order valence-electron chi connectivity index (χ1n) is 12.7. The smallest absolute Gasteiger partial charge is 0.295 e. The molecule has 1 amide bonds. The molecule has 38 heavy (non-hydrogen) atoms. The van der Waals surface area contributed by atoms with Crippen molar-refractivity contribution in [1.29, 1.82) is 0 Å². The molecule has 8 nitrogen and oxygen atoms in total. The molecule has 1 aliphatic heterocycles. The SMILES string of the molecule is COCCCN1C(=O)C(=O)/C(=C(/O)c2ccc(OC)c(C(C)(C)C)c2)C1c1ccc(OC(C)C)c(OC)c1. The first-order valence-corrected chi connectivity index (χ1v) is 12.7. The molecule has 1 atom stereocenters. The van der Waals surface area contributed by atoms with Crippen LogP contribution in [0.5, 0.6) is 17.2 Å². The van der Waals surface area contributed by atoms with E-state index in [-0.39, 0.29) is 29.4 Å². The molecular weight excluding hydrogens is 486 g/mol. The Balaban J connectivity index is 2.21. The minimum atomic E-state index is -0.811. The molecule has 1 unspecified atom stereocenters.